The maximum absolute atomic E-state index is 5.78. The summed E-state index contributed by atoms with van der Waals surface area (Å²) in [6, 6.07) is 1.57. The van der Waals surface area contributed by atoms with Gasteiger partial charge in [0.05, 0.1) is 0 Å². The van der Waals surface area contributed by atoms with Crippen LogP contribution in [0.25, 0.3) is 0 Å². The van der Waals surface area contributed by atoms with Gasteiger partial charge in [-0.05, 0) is 12.5 Å². The van der Waals surface area contributed by atoms with E-state index < -0.39 is 0 Å². The molecule has 1 unspecified atom stereocenters. The molecule has 0 bridgehead atoms. The smallest absolute Gasteiger partial charge is 0.131 e. The fraction of sp³-hybridized carbons (Fsp3) is 0.375. The monoisotopic (exact) mass is 185 g/mol. The average Bonchev–Trinajstić information content (AvgIpc) is 2.03. The third-order valence-electron chi connectivity index (χ3n) is 1.77. The molecule has 1 heterocycles. The summed E-state index contributed by atoms with van der Waals surface area (Å²) in [5.41, 5.74) is 13.0. The second-order valence-corrected chi connectivity index (χ2v) is 3.04. The van der Waals surface area contributed by atoms with Crippen LogP contribution in [0.3, 0.4) is 0 Å². The summed E-state index contributed by atoms with van der Waals surface area (Å²) >= 11 is 5.63. The number of aromatic nitrogens is 1. The first-order valence-corrected chi connectivity index (χ1v) is 4.19. The highest BCUT2D eigenvalue weighted by molar-refractivity contribution is 6.29. The molecule has 0 saturated heterocycles. The van der Waals surface area contributed by atoms with Crippen LogP contribution in [0.5, 0.6) is 0 Å². The van der Waals surface area contributed by atoms with Crippen molar-refractivity contribution in [3.63, 3.8) is 0 Å². The summed E-state index contributed by atoms with van der Waals surface area (Å²) in [6.45, 7) is 2.00. The van der Waals surface area contributed by atoms with Gasteiger partial charge in [0.2, 0.25) is 0 Å². The topological polar surface area (TPSA) is 64.9 Å². The molecule has 0 aliphatic rings. The SMILES string of the molecule is CCC(N)c1cnc(Cl)cc1N. The third-order valence-corrected chi connectivity index (χ3v) is 1.98. The van der Waals surface area contributed by atoms with Gasteiger partial charge in [0, 0.05) is 23.5 Å². The molecule has 0 fully saturated rings. The third kappa shape index (κ3) is 1.87. The van der Waals surface area contributed by atoms with Crippen molar-refractivity contribution >= 4 is 17.3 Å². The van der Waals surface area contributed by atoms with Gasteiger partial charge in [-0.25, -0.2) is 4.98 Å². The summed E-state index contributed by atoms with van der Waals surface area (Å²) in [4.78, 5) is 3.91. The number of rotatable bonds is 2. The van der Waals surface area contributed by atoms with E-state index in [2.05, 4.69) is 4.98 Å². The van der Waals surface area contributed by atoms with E-state index in [9.17, 15) is 0 Å². The maximum atomic E-state index is 5.78. The number of nitrogens with two attached hydrogens (primary N) is 2. The van der Waals surface area contributed by atoms with Gasteiger partial charge in [0.25, 0.3) is 0 Å². The van der Waals surface area contributed by atoms with E-state index >= 15 is 0 Å². The molecule has 66 valence electrons. The number of pyridine rings is 1. The Hall–Kier alpha value is -0.800. The Morgan fingerprint density at radius 2 is 2.33 bits per heavy atom. The maximum Gasteiger partial charge on any atom is 0.131 e. The van der Waals surface area contributed by atoms with Gasteiger partial charge in [0.15, 0.2) is 0 Å². The second-order valence-electron chi connectivity index (χ2n) is 2.65. The molecule has 4 heteroatoms. The van der Waals surface area contributed by atoms with Crippen LogP contribution in [0.2, 0.25) is 5.15 Å². The summed E-state index contributed by atoms with van der Waals surface area (Å²) in [6.07, 6.45) is 2.47. The molecule has 1 aromatic rings. The second kappa shape index (κ2) is 3.74. The molecule has 0 aromatic carbocycles. The van der Waals surface area contributed by atoms with Crippen molar-refractivity contribution in [3.05, 3.63) is 23.0 Å². The minimum atomic E-state index is -0.0465. The van der Waals surface area contributed by atoms with Crippen molar-refractivity contribution < 1.29 is 0 Å². The van der Waals surface area contributed by atoms with Gasteiger partial charge in [0.1, 0.15) is 5.15 Å². The van der Waals surface area contributed by atoms with Crippen molar-refractivity contribution in [3.8, 4) is 0 Å². The number of nitrogen functional groups attached to an aromatic ring is 1. The summed E-state index contributed by atoms with van der Waals surface area (Å²) in [5, 5.41) is 0.402. The fourth-order valence-electron chi connectivity index (χ4n) is 0.984. The predicted octanol–water partition coefficient (Wildman–Crippen LogP) is 1.73. The summed E-state index contributed by atoms with van der Waals surface area (Å²) in [7, 11) is 0. The number of hydrogen-bond donors (Lipinski definition) is 2. The first kappa shape index (κ1) is 9.29. The molecular formula is C8H12ClN3. The molecule has 3 nitrogen and oxygen atoms in total. The van der Waals surface area contributed by atoms with Crippen LogP contribution in [0.15, 0.2) is 12.3 Å². The lowest BCUT2D eigenvalue weighted by atomic mass is 10.1. The van der Waals surface area contributed by atoms with Crippen LogP contribution in [-0.4, -0.2) is 4.98 Å². The highest BCUT2D eigenvalue weighted by Gasteiger charge is 2.07. The Morgan fingerprint density at radius 1 is 1.67 bits per heavy atom. The molecule has 0 saturated carbocycles. The fourth-order valence-corrected chi connectivity index (χ4v) is 1.15. The van der Waals surface area contributed by atoms with Crippen LogP contribution >= 0.6 is 11.6 Å². The first-order valence-electron chi connectivity index (χ1n) is 3.81. The van der Waals surface area contributed by atoms with Crippen molar-refractivity contribution in [2.24, 2.45) is 5.73 Å². The normalized spacial score (nSPS) is 12.9. The van der Waals surface area contributed by atoms with Crippen LogP contribution in [0.4, 0.5) is 5.69 Å². The Balaban J connectivity index is 3.01. The molecule has 0 amide bonds. The minimum absolute atomic E-state index is 0.0465. The zero-order valence-electron chi connectivity index (χ0n) is 6.92. The molecule has 1 rings (SSSR count). The minimum Gasteiger partial charge on any atom is -0.398 e. The molecule has 0 aliphatic carbocycles. The Bertz CT molecular complexity index is 275. The van der Waals surface area contributed by atoms with Crippen molar-refractivity contribution in [2.45, 2.75) is 19.4 Å². The Labute approximate surface area is 76.7 Å². The van der Waals surface area contributed by atoms with E-state index in [1.807, 2.05) is 6.92 Å². The Morgan fingerprint density at radius 3 is 2.83 bits per heavy atom. The zero-order chi connectivity index (χ0) is 9.14. The molecule has 0 radical (unpaired) electrons. The van der Waals surface area contributed by atoms with Gasteiger partial charge in [-0.1, -0.05) is 18.5 Å². The van der Waals surface area contributed by atoms with E-state index in [0.29, 0.717) is 10.8 Å². The quantitative estimate of drug-likeness (QED) is 0.690. The molecular weight excluding hydrogens is 174 g/mol. The van der Waals surface area contributed by atoms with Crippen LogP contribution in [0.1, 0.15) is 24.9 Å². The average molecular weight is 186 g/mol. The van der Waals surface area contributed by atoms with Crippen LogP contribution in [0, 0.1) is 0 Å². The Kier molecular flexibility index (Phi) is 2.89. The molecule has 1 aromatic heterocycles. The van der Waals surface area contributed by atoms with Crippen LogP contribution < -0.4 is 11.5 Å². The van der Waals surface area contributed by atoms with Crippen molar-refractivity contribution in [2.75, 3.05) is 5.73 Å². The zero-order valence-corrected chi connectivity index (χ0v) is 7.67. The van der Waals surface area contributed by atoms with Gasteiger partial charge < -0.3 is 11.5 Å². The van der Waals surface area contributed by atoms with Crippen LogP contribution in [-0.2, 0) is 0 Å². The molecule has 0 spiro atoms. The van der Waals surface area contributed by atoms with Gasteiger partial charge in [-0.3, -0.25) is 0 Å². The van der Waals surface area contributed by atoms with E-state index in [-0.39, 0.29) is 6.04 Å². The van der Waals surface area contributed by atoms with E-state index in [4.69, 9.17) is 23.1 Å². The van der Waals surface area contributed by atoms with Gasteiger partial charge >= 0.3 is 0 Å². The number of hydrogen-bond acceptors (Lipinski definition) is 3. The van der Waals surface area contributed by atoms with E-state index in [0.717, 1.165) is 12.0 Å². The lowest BCUT2D eigenvalue weighted by Gasteiger charge is -2.11. The molecule has 0 aliphatic heterocycles. The summed E-state index contributed by atoms with van der Waals surface area (Å²) < 4.78 is 0. The van der Waals surface area contributed by atoms with Gasteiger partial charge in [-0.15, -0.1) is 0 Å². The van der Waals surface area contributed by atoms with Gasteiger partial charge in [-0.2, -0.15) is 0 Å². The van der Waals surface area contributed by atoms with E-state index in [1.54, 1.807) is 12.3 Å². The number of halogens is 1. The van der Waals surface area contributed by atoms with Crippen molar-refractivity contribution in [1.29, 1.82) is 0 Å². The largest absolute Gasteiger partial charge is 0.398 e. The molecule has 12 heavy (non-hydrogen) atoms. The molecule has 4 N–H and O–H groups in total. The highest BCUT2D eigenvalue weighted by Crippen LogP contribution is 2.21. The lowest BCUT2D eigenvalue weighted by molar-refractivity contribution is 0.697. The van der Waals surface area contributed by atoms with Crippen molar-refractivity contribution in [1.82, 2.24) is 4.98 Å². The molecule has 1 atom stereocenters. The standard InChI is InChI=1S/C8H12ClN3/c1-2-6(10)5-4-12-8(9)3-7(5)11/h3-4,6H,2,10H2,1H3,(H2,11,12). The summed E-state index contributed by atoms with van der Waals surface area (Å²) in [5.74, 6) is 0. The lowest BCUT2D eigenvalue weighted by Crippen LogP contribution is -2.11. The predicted molar refractivity (Wildman–Crippen MR) is 50.9 cm³/mol. The number of nitrogens with zero attached hydrogens (tertiary/aromatic N) is 1. The first-order chi connectivity index (χ1) is 5.65. The highest BCUT2D eigenvalue weighted by atomic mass is 35.5. The van der Waals surface area contributed by atoms with E-state index in [1.165, 1.54) is 0 Å². The number of anilines is 1.